The average molecular weight is 247 g/mol. The first-order valence-corrected chi connectivity index (χ1v) is 6.04. The van der Waals surface area contributed by atoms with Crippen LogP contribution in [0.4, 0.5) is 5.95 Å². The second-order valence-corrected chi connectivity index (χ2v) is 4.07. The quantitative estimate of drug-likeness (QED) is 0.899. The summed E-state index contributed by atoms with van der Waals surface area (Å²) in [6.07, 6.45) is 0. The van der Waals surface area contributed by atoms with Gasteiger partial charge in [-0.1, -0.05) is 0 Å². The molecule has 1 aromatic carbocycles. The number of aromatic nitrogens is 2. The Balaban J connectivity index is 2.31. The number of anilines is 1. The minimum Gasteiger partial charge on any atom is -0.508 e. The summed E-state index contributed by atoms with van der Waals surface area (Å²) in [6.45, 7) is 7.60. The lowest BCUT2D eigenvalue weighted by molar-refractivity contribution is 0.429. The molecular weight excluding hydrogens is 230 g/mol. The van der Waals surface area contributed by atoms with E-state index in [9.17, 15) is 5.11 Å². The largest absolute Gasteiger partial charge is 0.508 e. The van der Waals surface area contributed by atoms with Gasteiger partial charge in [-0.05, 0) is 49.7 Å². The third-order valence-corrected chi connectivity index (χ3v) is 2.91. The molecule has 0 fully saturated rings. The first-order chi connectivity index (χ1) is 8.65. The topological polar surface area (TPSA) is 62.4 Å². The maximum Gasteiger partial charge on any atom is 0.266 e. The van der Waals surface area contributed by atoms with Crippen molar-refractivity contribution in [2.75, 3.05) is 18.0 Å². The second-order valence-electron chi connectivity index (χ2n) is 4.07. The van der Waals surface area contributed by atoms with Gasteiger partial charge >= 0.3 is 0 Å². The van der Waals surface area contributed by atoms with E-state index in [1.807, 2.05) is 31.7 Å². The molecule has 0 aliphatic heterocycles. The molecule has 0 radical (unpaired) electrons. The Labute approximate surface area is 106 Å². The minimum absolute atomic E-state index is 0.266. The van der Waals surface area contributed by atoms with E-state index in [4.69, 9.17) is 4.52 Å². The molecule has 1 N–H and O–H groups in total. The summed E-state index contributed by atoms with van der Waals surface area (Å²) in [5.41, 5.74) is 1.60. The molecule has 1 aromatic heterocycles. The maximum absolute atomic E-state index is 9.49. The van der Waals surface area contributed by atoms with Crippen LogP contribution in [0.25, 0.3) is 11.5 Å². The van der Waals surface area contributed by atoms with Crippen LogP contribution in [-0.4, -0.2) is 28.3 Å². The van der Waals surface area contributed by atoms with E-state index in [1.54, 1.807) is 12.1 Å². The molecule has 0 aliphatic rings. The lowest BCUT2D eigenvalue weighted by Crippen LogP contribution is -2.22. The lowest BCUT2D eigenvalue weighted by atomic mass is 10.1. The van der Waals surface area contributed by atoms with Gasteiger partial charge in [0.2, 0.25) is 0 Å². The molecular formula is C13H17N3O2. The first kappa shape index (κ1) is 12.4. The molecule has 0 bridgehead atoms. The van der Waals surface area contributed by atoms with Crippen molar-refractivity contribution < 1.29 is 9.63 Å². The van der Waals surface area contributed by atoms with Crippen LogP contribution in [0.15, 0.2) is 22.7 Å². The normalized spacial score (nSPS) is 10.6. The molecule has 5 nitrogen and oxygen atoms in total. The summed E-state index contributed by atoms with van der Waals surface area (Å²) in [7, 11) is 0. The first-order valence-electron chi connectivity index (χ1n) is 6.04. The van der Waals surface area contributed by atoms with Crippen LogP contribution in [-0.2, 0) is 0 Å². The summed E-state index contributed by atoms with van der Waals surface area (Å²) in [5.74, 6) is 1.34. The van der Waals surface area contributed by atoms with Gasteiger partial charge in [0.25, 0.3) is 11.8 Å². The van der Waals surface area contributed by atoms with Crippen molar-refractivity contribution in [1.82, 2.24) is 10.1 Å². The molecule has 0 aliphatic carbocycles. The van der Waals surface area contributed by atoms with E-state index in [0.29, 0.717) is 11.8 Å². The van der Waals surface area contributed by atoms with Gasteiger partial charge in [0, 0.05) is 18.7 Å². The Morgan fingerprint density at radius 1 is 1.28 bits per heavy atom. The zero-order valence-electron chi connectivity index (χ0n) is 10.8. The number of rotatable bonds is 4. The zero-order valence-corrected chi connectivity index (χ0v) is 10.8. The van der Waals surface area contributed by atoms with Crippen molar-refractivity contribution in [1.29, 1.82) is 0 Å². The van der Waals surface area contributed by atoms with Crippen LogP contribution < -0.4 is 4.90 Å². The molecule has 1 heterocycles. The number of aromatic hydroxyl groups is 1. The standard InChI is InChI=1S/C13H17N3O2/c1-4-16(5-2)13-14-12(18-15-13)10-6-7-11(17)9(3)8-10/h6-8,17H,4-5H2,1-3H3. The predicted octanol–water partition coefficient (Wildman–Crippen LogP) is 2.60. The Bertz CT molecular complexity index is 533. The van der Waals surface area contributed by atoms with E-state index < -0.39 is 0 Å². The van der Waals surface area contributed by atoms with Crippen molar-refractivity contribution in [2.45, 2.75) is 20.8 Å². The van der Waals surface area contributed by atoms with Gasteiger partial charge in [-0.25, -0.2) is 0 Å². The monoisotopic (exact) mass is 247 g/mol. The molecule has 0 spiro atoms. The van der Waals surface area contributed by atoms with E-state index >= 15 is 0 Å². The number of phenolic OH excluding ortho intramolecular Hbond substituents is 1. The van der Waals surface area contributed by atoms with Crippen molar-refractivity contribution in [2.24, 2.45) is 0 Å². The summed E-state index contributed by atoms with van der Waals surface area (Å²) in [6, 6.07) is 5.22. The van der Waals surface area contributed by atoms with Crippen LogP contribution >= 0.6 is 0 Å². The Kier molecular flexibility index (Phi) is 3.50. The molecule has 2 rings (SSSR count). The van der Waals surface area contributed by atoms with Crippen molar-refractivity contribution in [3.05, 3.63) is 23.8 Å². The molecule has 0 atom stereocenters. The van der Waals surface area contributed by atoms with Crippen LogP contribution in [0.3, 0.4) is 0 Å². The molecule has 0 unspecified atom stereocenters. The molecule has 5 heteroatoms. The lowest BCUT2D eigenvalue weighted by Gasteiger charge is -2.14. The highest BCUT2D eigenvalue weighted by Gasteiger charge is 2.13. The second kappa shape index (κ2) is 5.08. The zero-order chi connectivity index (χ0) is 13.1. The summed E-state index contributed by atoms with van der Waals surface area (Å²) in [4.78, 5) is 6.37. The molecule has 96 valence electrons. The Morgan fingerprint density at radius 2 is 2.00 bits per heavy atom. The third-order valence-electron chi connectivity index (χ3n) is 2.91. The summed E-state index contributed by atoms with van der Waals surface area (Å²) in [5, 5.41) is 13.4. The van der Waals surface area contributed by atoms with E-state index in [0.717, 1.165) is 24.2 Å². The smallest absolute Gasteiger partial charge is 0.266 e. The molecule has 0 saturated carbocycles. The number of benzene rings is 1. The van der Waals surface area contributed by atoms with Crippen LogP contribution in [0.1, 0.15) is 19.4 Å². The predicted molar refractivity (Wildman–Crippen MR) is 69.7 cm³/mol. The van der Waals surface area contributed by atoms with Crippen molar-refractivity contribution >= 4 is 5.95 Å². The van der Waals surface area contributed by atoms with E-state index in [-0.39, 0.29) is 5.75 Å². The van der Waals surface area contributed by atoms with Gasteiger partial charge in [-0.3, -0.25) is 0 Å². The summed E-state index contributed by atoms with van der Waals surface area (Å²) >= 11 is 0. The number of phenols is 1. The number of hydrogen-bond acceptors (Lipinski definition) is 5. The van der Waals surface area contributed by atoms with Gasteiger partial charge < -0.3 is 14.5 Å². The minimum atomic E-state index is 0.266. The van der Waals surface area contributed by atoms with Gasteiger partial charge in [0.15, 0.2) is 0 Å². The van der Waals surface area contributed by atoms with Crippen LogP contribution in [0, 0.1) is 6.92 Å². The molecule has 2 aromatic rings. The molecule has 0 saturated heterocycles. The van der Waals surface area contributed by atoms with Gasteiger partial charge in [0.05, 0.1) is 0 Å². The van der Waals surface area contributed by atoms with Gasteiger partial charge in [-0.15, -0.1) is 0 Å². The van der Waals surface area contributed by atoms with Crippen molar-refractivity contribution in [3.63, 3.8) is 0 Å². The fourth-order valence-corrected chi connectivity index (χ4v) is 1.76. The van der Waals surface area contributed by atoms with Gasteiger partial charge in [0.1, 0.15) is 5.75 Å². The highest BCUT2D eigenvalue weighted by molar-refractivity contribution is 5.57. The van der Waals surface area contributed by atoms with Crippen molar-refractivity contribution in [3.8, 4) is 17.2 Å². The van der Waals surface area contributed by atoms with E-state index in [1.165, 1.54) is 0 Å². The van der Waals surface area contributed by atoms with E-state index in [2.05, 4.69) is 10.1 Å². The maximum atomic E-state index is 9.49. The summed E-state index contributed by atoms with van der Waals surface area (Å²) < 4.78 is 5.25. The van der Waals surface area contributed by atoms with Gasteiger partial charge in [-0.2, -0.15) is 4.98 Å². The fraction of sp³-hybridized carbons (Fsp3) is 0.385. The molecule has 0 amide bonds. The highest BCUT2D eigenvalue weighted by Crippen LogP contribution is 2.25. The van der Waals surface area contributed by atoms with Crippen LogP contribution in [0.5, 0.6) is 5.75 Å². The average Bonchev–Trinajstić information content (AvgIpc) is 2.84. The fourth-order valence-electron chi connectivity index (χ4n) is 1.76. The third kappa shape index (κ3) is 2.30. The number of hydrogen-bond donors (Lipinski definition) is 1. The number of nitrogens with zero attached hydrogens (tertiary/aromatic N) is 3. The number of aryl methyl sites for hydroxylation is 1. The Morgan fingerprint density at radius 3 is 2.61 bits per heavy atom. The highest BCUT2D eigenvalue weighted by atomic mass is 16.5. The SMILES string of the molecule is CCN(CC)c1noc(-c2ccc(O)c(C)c2)n1. The Hall–Kier alpha value is -2.04. The molecule has 18 heavy (non-hydrogen) atoms. The van der Waals surface area contributed by atoms with Crippen LogP contribution in [0.2, 0.25) is 0 Å².